The molecule has 0 saturated heterocycles. The number of rotatable bonds is 3. The molecule has 1 aliphatic heterocycles. The van der Waals surface area contributed by atoms with Gasteiger partial charge in [0, 0.05) is 4.83 Å². The SMILES string of the molecule is CCCC(Br)C1=C(Br)C(C)(Br)OC1=O. The molecule has 0 aromatic carbocycles. The zero-order chi connectivity index (χ0) is 10.9. The first kappa shape index (κ1) is 12.7. The zero-order valence-corrected chi connectivity index (χ0v) is 12.7. The Morgan fingerprint density at radius 2 is 2.14 bits per heavy atom. The second-order valence-electron chi connectivity index (χ2n) is 3.29. The zero-order valence-electron chi connectivity index (χ0n) is 7.94. The lowest BCUT2D eigenvalue weighted by molar-refractivity contribution is -0.140. The van der Waals surface area contributed by atoms with E-state index < -0.39 is 4.51 Å². The highest BCUT2D eigenvalue weighted by Crippen LogP contribution is 2.44. The van der Waals surface area contributed by atoms with Gasteiger partial charge in [0.05, 0.1) is 10.1 Å². The van der Waals surface area contributed by atoms with Crippen LogP contribution in [0.1, 0.15) is 26.7 Å². The van der Waals surface area contributed by atoms with Gasteiger partial charge in [-0.05, 0) is 45.2 Å². The van der Waals surface area contributed by atoms with Crippen molar-refractivity contribution in [2.45, 2.75) is 36.0 Å². The molecule has 0 aliphatic carbocycles. The maximum Gasteiger partial charge on any atom is 0.337 e. The highest BCUT2D eigenvalue weighted by Gasteiger charge is 2.42. The Kier molecular flexibility index (Phi) is 4.23. The first-order valence-electron chi connectivity index (χ1n) is 4.36. The summed E-state index contributed by atoms with van der Waals surface area (Å²) in [6.07, 6.45) is 1.94. The average molecular weight is 391 g/mol. The van der Waals surface area contributed by atoms with E-state index in [2.05, 4.69) is 54.7 Å². The lowest BCUT2D eigenvalue weighted by Crippen LogP contribution is -2.16. The Bertz CT molecular complexity index is 284. The molecule has 2 atom stereocenters. The molecule has 0 spiro atoms. The van der Waals surface area contributed by atoms with Gasteiger partial charge in [0.2, 0.25) is 0 Å². The summed E-state index contributed by atoms with van der Waals surface area (Å²) < 4.78 is 5.26. The highest BCUT2D eigenvalue weighted by molar-refractivity contribution is 9.14. The third kappa shape index (κ3) is 2.42. The molecule has 0 saturated carbocycles. The Labute approximate surface area is 109 Å². The summed E-state index contributed by atoms with van der Waals surface area (Å²) in [6, 6.07) is 0. The molecule has 14 heavy (non-hydrogen) atoms. The van der Waals surface area contributed by atoms with Gasteiger partial charge in [0.25, 0.3) is 0 Å². The third-order valence-electron chi connectivity index (χ3n) is 1.99. The highest BCUT2D eigenvalue weighted by atomic mass is 79.9. The van der Waals surface area contributed by atoms with Crippen LogP contribution in [-0.2, 0) is 9.53 Å². The molecule has 1 rings (SSSR count). The molecule has 2 nitrogen and oxygen atoms in total. The van der Waals surface area contributed by atoms with E-state index in [1.807, 2.05) is 0 Å². The Morgan fingerprint density at radius 3 is 2.50 bits per heavy atom. The number of hydrogen-bond acceptors (Lipinski definition) is 2. The molecule has 1 heterocycles. The van der Waals surface area contributed by atoms with Gasteiger partial charge in [-0.15, -0.1) is 0 Å². The van der Waals surface area contributed by atoms with Crippen molar-refractivity contribution in [1.82, 2.24) is 0 Å². The fourth-order valence-electron chi connectivity index (χ4n) is 1.27. The topological polar surface area (TPSA) is 26.3 Å². The maximum atomic E-state index is 11.5. The molecule has 0 aromatic rings. The van der Waals surface area contributed by atoms with Crippen molar-refractivity contribution in [3.8, 4) is 0 Å². The molecule has 0 aromatic heterocycles. The fraction of sp³-hybridized carbons (Fsp3) is 0.667. The second-order valence-corrected chi connectivity index (χ2v) is 6.70. The predicted octanol–water partition coefficient (Wildman–Crippen LogP) is 3.87. The summed E-state index contributed by atoms with van der Waals surface area (Å²) in [5.74, 6) is -0.258. The van der Waals surface area contributed by atoms with E-state index >= 15 is 0 Å². The standard InChI is InChI=1S/C9H11Br3O2/c1-3-4-5(10)6-7(11)9(2,12)14-8(6)13/h5H,3-4H2,1-2H3. The smallest absolute Gasteiger partial charge is 0.337 e. The summed E-state index contributed by atoms with van der Waals surface area (Å²) in [6.45, 7) is 3.88. The lowest BCUT2D eigenvalue weighted by atomic mass is 10.1. The van der Waals surface area contributed by atoms with E-state index in [1.54, 1.807) is 6.92 Å². The summed E-state index contributed by atoms with van der Waals surface area (Å²) in [4.78, 5) is 11.6. The van der Waals surface area contributed by atoms with Gasteiger partial charge >= 0.3 is 5.97 Å². The van der Waals surface area contributed by atoms with Crippen molar-refractivity contribution >= 4 is 53.8 Å². The van der Waals surface area contributed by atoms with Gasteiger partial charge in [-0.2, -0.15) is 0 Å². The predicted molar refractivity (Wildman–Crippen MR) is 67.0 cm³/mol. The third-order valence-corrected chi connectivity index (χ3v) is 5.18. The molecule has 0 radical (unpaired) electrons. The number of carbonyl (C=O) groups excluding carboxylic acids is 1. The minimum Gasteiger partial charge on any atom is -0.439 e. The largest absolute Gasteiger partial charge is 0.439 e. The second kappa shape index (κ2) is 4.66. The quantitative estimate of drug-likeness (QED) is 0.540. The molecule has 2 unspecified atom stereocenters. The molecular formula is C9H11Br3O2. The first-order valence-corrected chi connectivity index (χ1v) is 6.86. The average Bonchev–Trinajstić information content (AvgIpc) is 2.22. The molecule has 5 heteroatoms. The summed E-state index contributed by atoms with van der Waals surface area (Å²) >= 11 is 10.2. The minimum atomic E-state index is -0.695. The fourth-order valence-corrected chi connectivity index (χ4v) is 3.33. The first-order chi connectivity index (χ1) is 6.40. The lowest BCUT2D eigenvalue weighted by Gasteiger charge is -2.14. The van der Waals surface area contributed by atoms with Gasteiger partial charge in [-0.3, -0.25) is 0 Å². The molecule has 1 aliphatic rings. The monoisotopic (exact) mass is 388 g/mol. The van der Waals surface area contributed by atoms with Crippen molar-refractivity contribution in [3.63, 3.8) is 0 Å². The number of halogens is 3. The maximum absolute atomic E-state index is 11.5. The Hall–Kier alpha value is 0.650. The van der Waals surface area contributed by atoms with Crippen LogP contribution in [-0.4, -0.2) is 15.3 Å². The normalized spacial score (nSPS) is 29.4. The van der Waals surface area contributed by atoms with Crippen LogP contribution in [0, 0.1) is 0 Å². The number of carbonyl (C=O) groups is 1. The van der Waals surface area contributed by atoms with Crippen molar-refractivity contribution < 1.29 is 9.53 Å². The van der Waals surface area contributed by atoms with Gasteiger partial charge in [0.1, 0.15) is 0 Å². The van der Waals surface area contributed by atoms with Gasteiger partial charge in [-0.25, -0.2) is 4.79 Å². The molecular weight excluding hydrogens is 380 g/mol. The van der Waals surface area contributed by atoms with Crippen LogP contribution in [0.5, 0.6) is 0 Å². The van der Waals surface area contributed by atoms with Crippen molar-refractivity contribution in [3.05, 3.63) is 10.1 Å². The molecule has 80 valence electrons. The number of ether oxygens (including phenoxy) is 1. The van der Waals surface area contributed by atoms with Crippen molar-refractivity contribution in [1.29, 1.82) is 0 Å². The van der Waals surface area contributed by atoms with Crippen LogP contribution in [0.25, 0.3) is 0 Å². The molecule has 0 fully saturated rings. The van der Waals surface area contributed by atoms with E-state index in [0.29, 0.717) is 5.57 Å². The minimum absolute atomic E-state index is 0.0637. The number of hydrogen-bond donors (Lipinski definition) is 0. The van der Waals surface area contributed by atoms with E-state index in [4.69, 9.17) is 4.74 Å². The van der Waals surface area contributed by atoms with Gasteiger partial charge in [0.15, 0.2) is 4.51 Å². The van der Waals surface area contributed by atoms with Gasteiger partial charge < -0.3 is 4.74 Å². The van der Waals surface area contributed by atoms with Crippen molar-refractivity contribution in [2.24, 2.45) is 0 Å². The number of esters is 1. The van der Waals surface area contributed by atoms with Gasteiger partial charge in [-0.1, -0.05) is 29.3 Å². The summed E-state index contributed by atoms with van der Waals surface area (Å²) in [7, 11) is 0. The van der Waals surface area contributed by atoms with Crippen LogP contribution in [0.3, 0.4) is 0 Å². The van der Waals surface area contributed by atoms with E-state index in [0.717, 1.165) is 17.3 Å². The molecule has 0 amide bonds. The molecule has 0 bridgehead atoms. The van der Waals surface area contributed by atoms with E-state index in [1.165, 1.54) is 0 Å². The summed E-state index contributed by atoms with van der Waals surface area (Å²) in [5, 5.41) is 0. The molecule has 0 N–H and O–H groups in total. The summed E-state index contributed by atoms with van der Waals surface area (Å²) in [5.41, 5.74) is 0.686. The Balaban J connectivity index is 2.96. The number of alkyl halides is 2. The van der Waals surface area contributed by atoms with Crippen molar-refractivity contribution in [2.75, 3.05) is 0 Å². The van der Waals surface area contributed by atoms with Crippen LogP contribution in [0.2, 0.25) is 0 Å². The van der Waals surface area contributed by atoms with Crippen LogP contribution < -0.4 is 0 Å². The van der Waals surface area contributed by atoms with E-state index in [-0.39, 0.29) is 10.8 Å². The number of cyclic esters (lactones) is 1. The Morgan fingerprint density at radius 1 is 1.57 bits per heavy atom. The van der Waals surface area contributed by atoms with Crippen LogP contribution >= 0.6 is 47.8 Å². The van der Waals surface area contributed by atoms with Crippen LogP contribution in [0.4, 0.5) is 0 Å². The van der Waals surface area contributed by atoms with Crippen LogP contribution in [0.15, 0.2) is 10.1 Å². The van der Waals surface area contributed by atoms with E-state index in [9.17, 15) is 4.79 Å².